The summed E-state index contributed by atoms with van der Waals surface area (Å²) in [5, 5.41) is 7.46. The number of aromatic nitrogens is 1. The molecule has 3 aromatic rings. The van der Waals surface area contributed by atoms with Crippen LogP contribution in [0.3, 0.4) is 0 Å². The van der Waals surface area contributed by atoms with Crippen molar-refractivity contribution in [3.8, 4) is 11.5 Å². The highest BCUT2D eigenvalue weighted by Crippen LogP contribution is 2.24. The molecule has 3 rings (SSSR count). The van der Waals surface area contributed by atoms with E-state index in [1.807, 2.05) is 32.0 Å². The quantitative estimate of drug-likeness (QED) is 0.632. The second-order valence-corrected chi connectivity index (χ2v) is 7.22. The number of methoxy groups -OCH3 is 2. The lowest BCUT2D eigenvalue weighted by Crippen LogP contribution is -2.15. The number of anilines is 2. The van der Waals surface area contributed by atoms with Crippen LogP contribution in [0.15, 0.2) is 41.8 Å². The van der Waals surface area contributed by atoms with E-state index in [-0.39, 0.29) is 17.5 Å². The molecule has 29 heavy (non-hydrogen) atoms. The molecular formula is C21H21N3O4S. The van der Waals surface area contributed by atoms with Gasteiger partial charge in [-0.2, -0.15) is 0 Å². The average molecular weight is 411 g/mol. The van der Waals surface area contributed by atoms with Crippen molar-refractivity contribution in [2.75, 3.05) is 24.9 Å². The maximum atomic E-state index is 12.5. The Morgan fingerprint density at radius 2 is 1.62 bits per heavy atom. The Morgan fingerprint density at radius 1 is 0.931 bits per heavy atom. The van der Waals surface area contributed by atoms with Crippen LogP contribution in [-0.2, 0) is 0 Å². The summed E-state index contributed by atoms with van der Waals surface area (Å²) in [6, 6.07) is 10.6. The van der Waals surface area contributed by atoms with Crippen molar-refractivity contribution in [2.45, 2.75) is 13.8 Å². The zero-order chi connectivity index (χ0) is 21.0. The molecule has 0 saturated heterocycles. The monoisotopic (exact) mass is 411 g/mol. The predicted octanol–water partition coefficient (Wildman–Crippen LogP) is 4.28. The van der Waals surface area contributed by atoms with Gasteiger partial charge in [0.1, 0.15) is 17.2 Å². The van der Waals surface area contributed by atoms with Crippen molar-refractivity contribution < 1.29 is 19.1 Å². The van der Waals surface area contributed by atoms with E-state index in [0.29, 0.717) is 22.2 Å². The SMILES string of the molecule is COc1cc(OC)cc(C(=O)Nc2nc(C(=O)Nc3ccc(C)cc3C)cs2)c1. The molecule has 0 spiro atoms. The molecule has 0 aliphatic carbocycles. The number of amides is 2. The Kier molecular flexibility index (Phi) is 6.13. The summed E-state index contributed by atoms with van der Waals surface area (Å²) < 4.78 is 10.4. The van der Waals surface area contributed by atoms with E-state index in [2.05, 4.69) is 15.6 Å². The summed E-state index contributed by atoms with van der Waals surface area (Å²) >= 11 is 1.17. The van der Waals surface area contributed by atoms with Gasteiger partial charge in [-0.3, -0.25) is 14.9 Å². The van der Waals surface area contributed by atoms with Crippen molar-refractivity contribution in [3.63, 3.8) is 0 Å². The number of hydrogen-bond acceptors (Lipinski definition) is 6. The summed E-state index contributed by atoms with van der Waals surface area (Å²) in [4.78, 5) is 29.2. The lowest BCUT2D eigenvalue weighted by atomic mass is 10.1. The van der Waals surface area contributed by atoms with Crippen LogP contribution in [0.1, 0.15) is 32.0 Å². The van der Waals surface area contributed by atoms with Crippen LogP contribution in [0.2, 0.25) is 0 Å². The summed E-state index contributed by atoms with van der Waals surface area (Å²) in [5.41, 5.74) is 3.40. The highest BCUT2D eigenvalue weighted by atomic mass is 32.1. The third kappa shape index (κ3) is 4.91. The first kappa shape index (κ1) is 20.3. The standard InChI is InChI=1S/C21H21N3O4S/c1-12-5-6-17(13(2)7-12)22-20(26)18-11-29-21(23-18)24-19(25)14-8-15(27-3)10-16(9-14)28-4/h5-11H,1-4H3,(H,22,26)(H,23,24,25). The number of carbonyl (C=O) groups excluding carboxylic acids is 2. The van der Waals surface area contributed by atoms with Gasteiger partial charge in [-0.1, -0.05) is 17.7 Å². The molecule has 7 nitrogen and oxygen atoms in total. The summed E-state index contributed by atoms with van der Waals surface area (Å²) in [7, 11) is 3.02. The van der Waals surface area contributed by atoms with Crippen molar-refractivity contribution in [2.24, 2.45) is 0 Å². The molecule has 1 heterocycles. The maximum Gasteiger partial charge on any atom is 0.275 e. The highest BCUT2D eigenvalue weighted by molar-refractivity contribution is 7.14. The molecule has 150 valence electrons. The van der Waals surface area contributed by atoms with Crippen LogP contribution in [0, 0.1) is 13.8 Å². The summed E-state index contributed by atoms with van der Waals surface area (Å²) in [6.07, 6.45) is 0. The number of benzene rings is 2. The van der Waals surface area contributed by atoms with Crippen LogP contribution in [0.25, 0.3) is 0 Å². The van der Waals surface area contributed by atoms with E-state index in [0.717, 1.165) is 16.8 Å². The third-order valence-corrected chi connectivity index (χ3v) is 4.96. The lowest BCUT2D eigenvalue weighted by molar-refractivity contribution is 0.101. The summed E-state index contributed by atoms with van der Waals surface area (Å²) in [5.74, 6) is 0.291. The Labute approximate surface area is 172 Å². The molecule has 0 aliphatic heterocycles. The zero-order valence-corrected chi connectivity index (χ0v) is 17.3. The minimum atomic E-state index is -0.377. The number of carbonyl (C=O) groups is 2. The van der Waals surface area contributed by atoms with Crippen molar-refractivity contribution >= 4 is 34.0 Å². The van der Waals surface area contributed by atoms with Gasteiger partial charge in [-0.25, -0.2) is 4.98 Å². The molecule has 2 amide bonds. The third-order valence-electron chi connectivity index (χ3n) is 4.20. The lowest BCUT2D eigenvalue weighted by Gasteiger charge is -2.08. The smallest absolute Gasteiger partial charge is 0.275 e. The molecule has 0 unspecified atom stereocenters. The normalized spacial score (nSPS) is 10.3. The largest absolute Gasteiger partial charge is 0.497 e. The van der Waals surface area contributed by atoms with Gasteiger partial charge in [0, 0.05) is 22.7 Å². The first-order valence-corrected chi connectivity index (χ1v) is 9.66. The highest BCUT2D eigenvalue weighted by Gasteiger charge is 2.15. The molecule has 0 radical (unpaired) electrons. The van der Waals surface area contributed by atoms with Crippen molar-refractivity contribution in [1.29, 1.82) is 0 Å². The van der Waals surface area contributed by atoms with Gasteiger partial charge in [0.05, 0.1) is 14.2 Å². The minimum Gasteiger partial charge on any atom is -0.497 e. The van der Waals surface area contributed by atoms with Gasteiger partial charge >= 0.3 is 0 Å². The Hall–Kier alpha value is -3.39. The number of ether oxygens (including phenoxy) is 2. The van der Waals surface area contributed by atoms with E-state index < -0.39 is 0 Å². The first-order valence-electron chi connectivity index (χ1n) is 8.78. The second-order valence-electron chi connectivity index (χ2n) is 6.37. The Morgan fingerprint density at radius 3 is 2.24 bits per heavy atom. The Bertz CT molecular complexity index is 1040. The number of thiazole rings is 1. The molecule has 0 aliphatic rings. The first-order chi connectivity index (χ1) is 13.9. The van der Waals surface area contributed by atoms with Crippen LogP contribution < -0.4 is 20.1 Å². The molecule has 0 fully saturated rings. The van der Waals surface area contributed by atoms with E-state index in [9.17, 15) is 9.59 Å². The van der Waals surface area contributed by atoms with Crippen LogP contribution >= 0.6 is 11.3 Å². The molecule has 0 bridgehead atoms. The summed E-state index contributed by atoms with van der Waals surface area (Å²) in [6.45, 7) is 3.92. The number of aryl methyl sites for hydroxylation is 2. The van der Waals surface area contributed by atoms with Gasteiger partial charge in [0.2, 0.25) is 0 Å². The number of hydrogen-bond donors (Lipinski definition) is 2. The van der Waals surface area contributed by atoms with Crippen molar-refractivity contribution in [3.05, 3.63) is 64.2 Å². The van der Waals surface area contributed by atoms with Gasteiger partial charge < -0.3 is 14.8 Å². The van der Waals surface area contributed by atoms with E-state index in [1.54, 1.807) is 23.6 Å². The van der Waals surface area contributed by atoms with Crippen LogP contribution in [0.5, 0.6) is 11.5 Å². The number of rotatable bonds is 6. The Balaban J connectivity index is 1.71. The predicted molar refractivity (Wildman–Crippen MR) is 113 cm³/mol. The van der Waals surface area contributed by atoms with E-state index in [1.165, 1.54) is 25.6 Å². The molecule has 2 aromatic carbocycles. The molecule has 8 heteroatoms. The average Bonchev–Trinajstić information content (AvgIpc) is 3.18. The number of nitrogens with zero attached hydrogens (tertiary/aromatic N) is 1. The van der Waals surface area contributed by atoms with Gasteiger partial charge in [-0.15, -0.1) is 11.3 Å². The fraction of sp³-hybridized carbons (Fsp3) is 0.190. The molecule has 0 atom stereocenters. The molecule has 2 N–H and O–H groups in total. The minimum absolute atomic E-state index is 0.230. The van der Waals surface area contributed by atoms with E-state index in [4.69, 9.17) is 9.47 Å². The number of nitrogens with one attached hydrogen (secondary N) is 2. The van der Waals surface area contributed by atoms with Crippen LogP contribution in [0.4, 0.5) is 10.8 Å². The van der Waals surface area contributed by atoms with Gasteiger partial charge in [0.15, 0.2) is 5.13 Å². The second kappa shape index (κ2) is 8.74. The van der Waals surface area contributed by atoms with Crippen LogP contribution in [-0.4, -0.2) is 31.0 Å². The maximum absolute atomic E-state index is 12.5. The van der Waals surface area contributed by atoms with E-state index >= 15 is 0 Å². The van der Waals surface area contributed by atoms with Crippen molar-refractivity contribution in [1.82, 2.24) is 4.98 Å². The zero-order valence-electron chi connectivity index (χ0n) is 16.5. The van der Waals surface area contributed by atoms with Gasteiger partial charge in [0.25, 0.3) is 11.8 Å². The molecular weight excluding hydrogens is 390 g/mol. The topological polar surface area (TPSA) is 89.6 Å². The van der Waals surface area contributed by atoms with Gasteiger partial charge in [-0.05, 0) is 37.6 Å². The fourth-order valence-corrected chi connectivity index (χ4v) is 3.37. The fourth-order valence-electron chi connectivity index (χ4n) is 2.68. The molecule has 1 aromatic heterocycles. The molecule has 0 saturated carbocycles.